The lowest BCUT2D eigenvalue weighted by molar-refractivity contribution is 0.0681. The minimum Gasteiger partial charge on any atom is -0.477 e. The van der Waals surface area contributed by atoms with Gasteiger partial charge in [-0.3, -0.25) is 4.68 Å². The van der Waals surface area contributed by atoms with Crippen LogP contribution in [0.2, 0.25) is 0 Å². The molecule has 1 aromatic rings. The highest BCUT2D eigenvalue weighted by Gasteiger charge is 2.26. The van der Waals surface area contributed by atoms with Gasteiger partial charge in [-0.15, -0.1) is 0 Å². The van der Waals surface area contributed by atoms with Crippen molar-refractivity contribution < 1.29 is 9.90 Å². The molecule has 0 unspecified atom stereocenters. The first kappa shape index (κ1) is 14.1. The van der Waals surface area contributed by atoms with Crippen LogP contribution in [0.5, 0.6) is 0 Å². The Kier molecular flexibility index (Phi) is 3.67. The summed E-state index contributed by atoms with van der Waals surface area (Å²) in [5.74, 6) is -0.899. The van der Waals surface area contributed by atoms with Crippen molar-refractivity contribution in [2.45, 2.75) is 51.6 Å². The topological polar surface area (TPSA) is 58.4 Å². The normalized spacial score (nSPS) is 20.9. The van der Waals surface area contributed by atoms with E-state index in [1.54, 1.807) is 10.7 Å². The molecular weight excluding hydrogens is 242 g/mol. The highest BCUT2D eigenvalue weighted by atomic mass is 16.4. The minimum atomic E-state index is -0.899. The Morgan fingerprint density at radius 1 is 1.53 bits per heavy atom. The van der Waals surface area contributed by atoms with Crippen molar-refractivity contribution in [1.82, 2.24) is 14.7 Å². The van der Waals surface area contributed by atoms with Gasteiger partial charge in [0.2, 0.25) is 0 Å². The first-order valence-corrected chi connectivity index (χ1v) is 6.81. The van der Waals surface area contributed by atoms with Gasteiger partial charge in [-0.2, -0.15) is 5.10 Å². The van der Waals surface area contributed by atoms with Crippen LogP contribution in [-0.2, 0) is 12.0 Å². The lowest BCUT2D eigenvalue weighted by Crippen LogP contribution is -2.31. The summed E-state index contributed by atoms with van der Waals surface area (Å²) < 4.78 is 1.66. The molecule has 2 heterocycles. The van der Waals surface area contributed by atoms with Gasteiger partial charge in [0.1, 0.15) is 5.69 Å². The lowest BCUT2D eigenvalue weighted by atomic mass is 9.92. The molecule has 19 heavy (non-hydrogen) atoms. The fourth-order valence-electron chi connectivity index (χ4n) is 2.50. The zero-order valence-electron chi connectivity index (χ0n) is 12.2. The van der Waals surface area contributed by atoms with Crippen LogP contribution in [0.25, 0.3) is 0 Å². The Hall–Kier alpha value is -1.36. The van der Waals surface area contributed by atoms with E-state index in [0.29, 0.717) is 18.3 Å². The maximum absolute atomic E-state index is 11.3. The van der Waals surface area contributed by atoms with Crippen LogP contribution in [0, 0.1) is 0 Å². The quantitative estimate of drug-likeness (QED) is 0.908. The highest BCUT2D eigenvalue weighted by Crippen LogP contribution is 2.23. The molecule has 0 bridgehead atoms. The van der Waals surface area contributed by atoms with E-state index in [1.165, 1.54) is 6.42 Å². The van der Waals surface area contributed by atoms with Crippen LogP contribution in [0.4, 0.5) is 0 Å². The van der Waals surface area contributed by atoms with E-state index in [2.05, 4.69) is 17.0 Å². The number of carbonyl (C=O) groups is 1. The average Bonchev–Trinajstić information content (AvgIpc) is 2.86. The molecule has 1 saturated heterocycles. The number of likely N-dealkylation sites (N-methyl/N-ethyl adjacent to an activating group) is 1. The Bertz CT molecular complexity index is 474. The number of rotatable bonds is 3. The molecule has 0 radical (unpaired) electrons. The van der Waals surface area contributed by atoms with Gasteiger partial charge in [-0.1, -0.05) is 20.8 Å². The van der Waals surface area contributed by atoms with Crippen LogP contribution in [0.3, 0.4) is 0 Å². The van der Waals surface area contributed by atoms with Crippen molar-refractivity contribution in [2.75, 3.05) is 13.6 Å². The third-order valence-corrected chi connectivity index (χ3v) is 3.82. The van der Waals surface area contributed by atoms with Crippen LogP contribution >= 0.6 is 0 Å². The SMILES string of the molecule is CN1CCC[C@H]1Cn1nc(C(C)(C)C)cc1C(=O)O. The molecular formula is C14H23N3O2. The summed E-state index contributed by atoms with van der Waals surface area (Å²) in [6, 6.07) is 2.10. The molecule has 1 N–H and O–H groups in total. The van der Waals surface area contributed by atoms with Gasteiger partial charge in [0.05, 0.1) is 12.2 Å². The predicted molar refractivity (Wildman–Crippen MR) is 73.5 cm³/mol. The third kappa shape index (κ3) is 2.97. The second-order valence-corrected chi connectivity index (χ2v) is 6.43. The number of aromatic nitrogens is 2. The highest BCUT2D eigenvalue weighted by molar-refractivity contribution is 5.85. The second kappa shape index (κ2) is 4.96. The van der Waals surface area contributed by atoms with Crippen molar-refractivity contribution in [3.05, 3.63) is 17.5 Å². The predicted octanol–water partition coefficient (Wildman–Crippen LogP) is 1.97. The minimum absolute atomic E-state index is 0.128. The molecule has 106 valence electrons. The van der Waals surface area contributed by atoms with Crippen molar-refractivity contribution in [1.29, 1.82) is 0 Å². The van der Waals surface area contributed by atoms with Crippen molar-refractivity contribution in [2.24, 2.45) is 0 Å². The standard InChI is InChI=1S/C14H23N3O2/c1-14(2,3)12-8-11(13(18)19)17(15-12)9-10-6-5-7-16(10)4/h8,10H,5-7,9H2,1-4H3,(H,18,19)/t10-/m0/s1. The van der Waals surface area contributed by atoms with Crippen molar-refractivity contribution in [3.63, 3.8) is 0 Å². The Labute approximate surface area is 114 Å². The van der Waals surface area contributed by atoms with Gasteiger partial charge < -0.3 is 10.0 Å². The number of carboxylic acids is 1. The van der Waals surface area contributed by atoms with E-state index in [-0.39, 0.29) is 5.41 Å². The lowest BCUT2D eigenvalue weighted by Gasteiger charge is -2.20. The molecule has 1 aliphatic heterocycles. The Morgan fingerprint density at radius 3 is 2.68 bits per heavy atom. The molecule has 0 aromatic carbocycles. The van der Waals surface area contributed by atoms with E-state index < -0.39 is 5.97 Å². The van der Waals surface area contributed by atoms with Crippen LogP contribution < -0.4 is 0 Å². The monoisotopic (exact) mass is 265 g/mol. The summed E-state index contributed by atoms with van der Waals surface area (Å²) in [5.41, 5.74) is 1.01. The summed E-state index contributed by atoms with van der Waals surface area (Å²) in [4.78, 5) is 13.6. The molecule has 5 heteroatoms. The molecule has 1 aliphatic rings. The van der Waals surface area contributed by atoms with Crippen LogP contribution in [-0.4, -0.2) is 45.4 Å². The van der Waals surface area contributed by atoms with Gasteiger partial charge >= 0.3 is 5.97 Å². The first-order chi connectivity index (χ1) is 8.79. The number of likely N-dealkylation sites (tertiary alicyclic amines) is 1. The molecule has 0 spiro atoms. The largest absolute Gasteiger partial charge is 0.477 e. The van der Waals surface area contributed by atoms with E-state index in [1.807, 2.05) is 20.8 Å². The number of aromatic carboxylic acids is 1. The molecule has 0 aliphatic carbocycles. The molecule has 1 aromatic heterocycles. The molecule has 5 nitrogen and oxygen atoms in total. The Balaban J connectivity index is 2.28. The number of hydrogen-bond donors (Lipinski definition) is 1. The number of carboxylic acid groups (broad SMARTS) is 1. The zero-order valence-corrected chi connectivity index (χ0v) is 12.2. The fraction of sp³-hybridized carbons (Fsp3) is 0.714. The van der Waals surface area contributed by atoms with Crippen LogP contribution in [0.15, 0.2) is 6.07 Å². The number of hydrogen-bond acceptors (Lipinski definition) is 3. The number of nitrogens with zero attached hydrogens (tertiary/aromatic N) is 3. The van der Waals surface area contributed by atoms with E-state index in [9.17, 15) is 9.90 Å². The van der Waals surface area contributed by atoms with E-state index >= 15 is 0 Å². The zero-order chi connectivity index (χ0) is 14.2. The van der Waals surface area contributed by atoms with E-state index in [4.69, 9.17) is 0 Å². The van der Waals surface area contributed by atoms with Crippen LogP contribution in [0.1, 0.15) is 49.8 Å². The van der Waals surface area contributed by atoms with Gasteiger partial charge in [0.15, 0.2) is 0 Å². The summed E-state index contributed by atoms with van der Waals surface area (Å²) in [6.07, 6.45) is 2.29. The van der Waals surface area contributed by atoms with Gasteiger partial charge in [0.25, 0.3) is 0 Å². The molecule has 0 saturated carbocycles. The molecule has 2 rings (SSSR count). The van der Waals surface area contributed by atoms with Gasteiger partial charge in [-0.05, 0) is 32.5 Å². The summed E-state index contributed by atoms with van der Waals surface area (Å²) in [7, 11) is 2.09. The van der Waals surface area contributed by atoms with Crippen molar-refractivity contribution >= 4 is 5.97 Å². The smallest absolute Gasteiger partial charge is 0.354 e. The van der Waals surface area contributed by atoms with Crippen molar-refractivity contribution in [3.8, 4) is 0 Å². The van der Waals surface area contributed by atoms with Gasteiger partial charge in [-0.25, -0.2) is 4.79 Å². The summed E-state index contributed by atoms with van der Waals surface area (Å²) in [6.45, 7) is 7.89. The second-order valence-electron chi connectivity index (χ2n) is 6.43. The van der Waals surface area contributed by atoms with E-state index in [0.717, 1.165) is 18.7 Å². The molecule has 1 atom stereocenters. The fourth-order valence-corrected chi connectivity index (χ4v) is 2.50. The van der Waals surface area contributed by atoms with Gasteiger partial charge in [0, 0.05) is 11.5 Å². The Morgan fingerprint density at radius 2 is 2.21 bits per heavy atom. The third-order valence-electron chi connectivity index (χ3n) is 3.82. The maximum atomic E-state index is 11.3. The summed E-state index contributed by atoms with van der Waals surface area (Å²) >= 11 is 0. The average molecular weight is 265 g/mol. The maximum Gasteiger partial charge on any atom is 0.354 e. The molecule has 0 amide bonds. The molecule has 1 fully saturated rings. The first-order valence-electron chi connectivity index (χ1n) is 6.81. The summed E-state index contributed by atoms with van der Waals surface area (Å²) in [5, 5.41) is 13.8.